The van der Waals surface area contributed by atoms with E-state index in [4.69, 9.17) is 0 Å². The maximum atomic E-state index is 12.9. The van der Waals surface area contributed by atoms with Crippen molar-refractivity contribution in [3.8, 4) is 0 Å². The number of nitrogens with zero attached hydrogens (tertiary/aromatic N) is 2. The fraction of sp³-hybridized carbons (Fsp3) is 0.625. The fourth-order valence-corrected chi connectivity index (χ4v) is 3.49. The van der Waals surface area contributed by atoms with Crippen LogP contribution in [0.1, 0.15) is 45.2 Å². The molecule has 1 saturated heterocycles. The topological polar surface area (TPSA) is 33.2 Å². The summed E-state index contributed by atoms with van der Waals surface area (Å²) >= 11 is 3.38. The van der Waals surface area contributed by atoms with Gasteiger partial charge in [0.15, 0.2) is 5.78 Å². The van der Waals surface area contributed by atoms with E-state index in [2.05, 4.69) is 39.7 Å². The number of ketones is 1. The zero-order valence-corrected chi connectivity index (χ0v) is 13.9. The molecule has 0 N–H and O–H groups in total. The van der Waals surface area contributed by atoms with Gasteiger partial charge in [0.2, 0.25) is 0 Å². The predicted octanol–water partition coefficient (Wildman–Crippen LogP) is 3.61. The van der Waals surface area contributed by atoms with Gasteiger partial charge in [0.05, 0.1) is 12.0 Å². The molecule has 0 amide bonds. The third kappa shape index (κ3) is 3.12. The van der Waals surface area contributed by atoms with E-state index in [0.29, 0.717) is 12.2 Å². The number of aromatic nitrogens is 1. The van der Waals surface area contributed by atoms with Crippen LogP contribution in [0.25, 0.3) is 0 Å². The average Bonchev–Trinajstić information content (AvgIpc) is 2.98. The van der Waals surface area contributed by atoms with E-state index in [1.54, 1.807) is 6.20 Å². The van der Waals surface area contributed by atoms with Crippen molar-refractivity contribution in [2.75, 3.05) is 13.1 Å². The Morgan fingerprint density at radius 1 is 1.30 bits per heavy atom. The molecule has 0 saturated carbocycles. The molecule has 0 bridgehead atoms. The van der Waals surface area contributed by atoms with Gasteiger partial charge in [-0.25, -0.2) is 0 Å². The Bertz CT molecular complexity index is 448. The lowest BCUT2D eigenvalue weighted by atomic mass is 9.84. The predicted molar refractivity (Wildman–Crippen MR) is 84.8 cm³/mol. The van der Waals surface area contributed by atoms with Crippen LogP contribution in [0, 0.1) is 0 Å². The van der Waals surface area contributed by atoms with Crippen LogP contribution in [0.15, 0.2) is 22.8 Å². The molecule has 0 aliphatic carbocycles. The number of carbonyl (C=O) groups is 1. The number of carbonyl (C=O) groups excluding carboxylic acids is 1. The van der Waals surface area contributed by atoms with Crippen LogP contribution in [-0.4, -0.2) is 34.3 Å². The molecule has 4 heteroatoms. The van der Waals surface area contributed by atoms with Gasteiger partial charge in [-0.1, -0.05) is 13.8 Å². The molecule has 110 valence electrons. The van der Waals surface area contributed by atoms with Crippen LogP contribution in [0.4, 0.5) is 0 Å². The van der Waals surface area contributed by atoms with Gasteiger partial charge in [-0.15, -0.1) is 0 Å². The number of Topliss-reactive ketones (excluding diaryl/α,β-unsaturated/α-hetero) is 1. The Balaban J connectivity index is 2.16. The van der Waals surface area contributed by atoms with Gasteiger partial charge in [0.25, 0.3) is 0 Å². The van der Waals surface area contributed by atoms with Gasteiger partial charge in [0.1, 0.15) is 0 Å². The van der Waals surface area contributed by atoms with E-state index in [1.807, 2.05) is 12.1 Å². The smallest absolute Gasteiger partial charge is 0.158 e. The fourth-order valence-electron chi connectivity index (χ4n) is 3.25. The van der Waals surface area contributed by atoms with Crippen LogP contribution in [0.5, 0.6) is 0 Å². The largest absolute Gasteiger partial charge is 0.297 e. The summed E-state index contributed by atoms with van der Waals surface area (Å²) in [5.74, 6) is 0.319. The molecule has 0 radical (unpaired) electrons. The van der Waals surface area contributed by atoms with E-state index in [9.17, 15) is 4.79 Å². The molecule has 3 nitrogen and oxygen atoms in total. The second kappa shape index (κ2) is 6.81. The van der Waals surface area contributed by atoms with Crippen LogP contribution >= 0.6 is 15.9 Å². The monoisotopic (exact) mass is 338 g/mol. The normalized spacial score (nSPS) is 16.6. The van der Waals surface area contributed by atoms with E-state index in [0.717, 1.165) is 36.1 Å². The lowest BCUT2D eigenvalue weighted by molar-refractivity contribution is -0.130. The molecule has 1 aromatic rings. The van der Waals surface area contributed by atoms with E-state index >= 15 is 0 Å². The van der Waals surface area contributed by atoms with Crippen LogP contribution in [0.2, 0.25) is 0 Å². The van der Waals surface area contributed by atoms with Crippen molar-refractivity contribution >= 4 is 21.7 Å². The summed E-state index contributed by atoms with van der Waals surface area (Å²) in [4.78, 5) is 19.6. The Labute approximate surface area is 129 Å². The maximum absolute atomic E-state index is 12.9. The summed E-state index contributed by atoms with van der Waals surface area (Å²) in [6.45, 7) is 6.38. The summed E-state index contributed by atoms with van der Waals surface area (Å²) in [7, 11) is 0. The van der Waals surface area contributed by atoms with Crippen LogP contribution in [-0.2, 0) is 11.2 Å². The van der Waals surface area contributed by atoms with Gasteiger partial charge in [-0.05, 0) is 66.8 Å². The second-order valence-corrected chi connectivity index (χ2v) is 6.42. The first-order valence-corrected chi connectivity index (χ1v) is 8.30. The number of likely N-dealkylation sites (tertiary alicyclic amines) is 1. The number of hydrogen-bond donors (Lipinski definition) is 0. The molecule has 1 aliphatic heterocycles. The summed E-state index contributed by atoms with van der Waals surface area (Å²) in [5, 5.41) is 0. The minimum Gasteiger partial charge on any atom is -0.297 e. The summed E-state index contributed by atoms with van der Waals surface area (Å²) < 4.78 is 0.950. The second-order valence-electron chi connectivity index (χ2n) is 5.50. The first-order valence-electron chi connectivity index (χ1n) is 7.51. The highest BCUT2D eigenvalue weighted by atomic mass is 79.9. The summed E-state index contributed by atoms with van der Waals surface area (Å²) in [6.07, 6.45) is 6.40. The molecule has 2 rings (SSSR count). The van der Waals surface area contributed by atoms with Crippen molar-refractivity contribution in [2.24, 2.45) is 0 Å². The Kier molecular flexibility index (Phi) is 5.33. The molecule has 20 heavy (non-hydrogen) atoms. The molecule has 1 aromatic heterocycles. The summed E-state index contributed by atoms with van der Waals surface area (Å²) in [5.41, 5.74) is 0.578. The zero-order chi connectivity index (χ0) is 14.6. The average molecular weight is 339 g/mol. The Hall–Kier alpha value is -0.740. The van der Waals surface area contributed by atoms with Crippen molar-refractivity contribution in [3.05, 3.63) is 28.5 Å². The lowest BCUT2D eigenvalue weighted by Crippen LogP contribution is -2.53. The van der Waals surface area contributed by atoms with Gasteiger partial charge < -0.3 is 0 Å². The molecule has 0 atom stereocenters. The van der Waals surface area contributed by atoms with E-state index in [1.165, 1.54) is 12.8 Å². The highest BCUT2D eigenvalue weighted by molar-refractivity contribution is 9.10. The lowest BCUT2D eigenvalue weighted by Gasteiger charge is -2.39. The SMILES string of the molecule is CCC(CC)(C(=O)Cc1ccc(Br)cn1)N1CCCC1. The Morgan fingerprint density at radius 3 is 2.45 bits per heavy atom. The third-order valence-electron chi connectivity index (χ3n) is 4.53. The number of halogens is 1. The minimum absolute atomic E-state index is 0.286. The van der Waals surface area contributed by atoms with Crippen molar-refractivity contribution in [1.29, 1.82) is 0 Å². The number of rotatable bonds is 6. The standard InChI is InChI=1S/C16H23BrN2O/c1-3-16(4-2,19-9-5-6-10-19)15(20)11-14-8-7-13(17)12-18-14/h7-8,12H,3-6,9-11H2,1-2H3. The summed E-state index contributed by atoms with van der Waals surface area (Å²) in [6, 6.07) is 3.88. The van der Waals surface area contributed by atoms with Gasteiger partial charge in [0, 0.05) is 16.4 Å². The van der Waals surface area contributed by atoms with Crippen molar-refractivity contribution in [2.45, 2.75) is 51.5 Å². The van der Waals surface area contributed by atoms with Crippen molar-refractivity contribution in [3.63, 3.8) is 0 Å². The molecule has 2 heterocycles. The molecular formula is C16H23BrN2O. The molecule has 0 aromatic carbocycles. The molecule has 1 fully saturated rings. The highest BCUT2D eigenvalue weighted by Gasteiger charge is 2.41. The molecule has 1 aliphatic rings. The quantitative estimate of drug-likeness (QED) is 0.794. The van der Waals surface area contributed by atoms with Gasteiger partial charge in [-0.2, -0.15) is 0 Å². The number of pyridine rings is 1. The van der Waals surface area contributed by atoms with Gasteiger partial charge in [-0.3, -0.25) is 14.7 Å². The first kappa shape index (κ1) is 15.6. The van der Waals surface area contributed by atoms with Crippen LogP contribution in [0.3, 0.4) is 0 Å². The van der Waals surface area contributed by atoms with Crippen molar-refractivity contribution in [1.82, 2.24) is 9.88 Å². The first-order chi connectivity index (χ1) is 9.62. The zero-order valence-electron chi connectivity index (χ0n) is 12.4. The van der Waals surface area contributed by atoms with E-state index in [-0.39, 0.29) is 5.54 Å². The Morgan fingerprint density at radius 2 is 1.95 bits per heavy atom. The maximum Gasteiger partial charge on any atom is 0.158 e. The molecule has 0 unspecified atom stereocenters. The molecule has 0 spiro atoms. The highest BCUT2D eigenvalue weighted by Crippen LogP contribution is 2.30. The third-order valence-corrected chi connectivity index (χ3v) is 5.00. The van der Waals surface area contributed by atoms with E-state index < -0.39 is 0 Å². The molecular weight excluding hydrogens is 316 g/mol. The minimum atomic E-state index is -0.286. The van der Waals surface area contributed by atoms with Gasteiger partial charge >= 0.3 is 0 Å². The van der Waals surface area contributed by atoms with Crippen molar-refractivity contribution < 1.29 is 4.79 Å². The van der Waals surface area contributed by atoms with Crippen LogP contribution < -0.4 is 0 Å². The number of hydrogen-bond acceptors (Lipinski definition) is 3.